The maximum absolute atomic E-state index is 8.47. The number of ether oxygens (including phenoxy) is 1. The lowest BCUT2D eigenvalue weighted by atomic mass is 10.2. The molecule has 1 N–H and O–H groups in total. The van der Waals surface area contributed by atoms with Gasteiger partial charge in [0.15, 0.2) is 0 Å². The summed E-state index contributed by atoms with van der Waals surface area (Å²) in [5, 5.41) is 8.47. The molecule has 0 aromatic rings. The number of allylic oxidation sites excluding steroid dienone is 4. The summed E-state index contributed by atoms with van der Waals surface area (Å²) in [5.41, 5.74) is 0. The van der Waals surface area contributed by atoms with E-state index in [2.05, 4.69) is 15.9 Å². The topological polar surface area (TPSA) is 29.5 Å². The molecular formula is C8H11BrO2. The van der Waals surface area contributed by atoms with Gasteiger partial charge in [-0.3, -0.25) is 0 Å². The Kier molecular flexibility index (Phi) is 3.66. The Morgan fingerprint density at radius 3 is 2.82 bits per heavy atom. The van der Waals surface area contributed by atoms with Crippen molar-refractivity contribution in [1.82, 2.24) is 0 Å². The van der Waals surface area contributed by atoms with Crippen LogP contribution in [0.4, 0.5) is 0 Å². The van der Waals surface area contributed by atoms with Crippen molar-refractivity contribution in [3.63, 3.8) is 0 Å². The van der Waals surface area contributed by atoms with E-state index in [4.69, 9.17) is 9.84 Å². The third-order valence-corrected chi connectivity index (χ3v) is 2.10. The van der Waals surface area contributed by atoms with Crippen molar-refractivity contribution in [3.05, 3.63) is 22.4 Å². The molecule has 0 spiro atoms. The molecule has 0 aromatic heterocycles. The van der Waals surface area contributed by atoms with Crippen LogP contribution in [0.5, 0.6) is 0 Å². The van der Waals surface area contributed by atoms with E-state index in [-0.39, 0.29) is 6.61 Å². The van der Waals surface area contributed by atoms with Gasteiger partial charge in [0.1, 0.15) is 6.61 Å². The minimum atomic E-state index is 0.0855. The fourth-order valence-corrected chi connectivity index (χ4v) is 1.22. The molecule has 0 radical (unpaired) electrons. The summed E-state index contributed by atoms with van der Waals surface area (Å²) in [6, 6.07) is 0. The summed E-state index contributed by atoms with van der Waals surface area (Å²) >= 11 is 3.40. The molecule has 3 heteroatoms. The van der Waals surface area contributed by atoms with E-state index >= 15 is 0 Å². The monoisotopic (exact) mass is 218 g/mol. The molecule has 0 atom stereocenters. The molecule has 2 nitrogen and oxygen atoms in total. The largest absolute Gasteiger partial charge is 0.496 e. The summed E-state index contributed by atoms with van der Waals surface area (Å²) < 4.78 is 6.43. The Labute approximate surface area is 74.7 Å². The molecule has 0 aromatic carbocycles. The van der Waals surface area contributed by atoms with Crippen LogP contribution < -0.4 is 0 Å². The van der Waals surface area contributed by atoms with Crippen LogP contribution in [-0.4, -0.2) is 18.3 Å². The zero-order valence-corrected chi connectivity index (χ0v) is 7.80. The van der Waals surface area contributed by atoms with Gasteiger partial charge < -0.3 is 9.84 Å². The molecule has 11 heavy (non-hydrogen) atoms. The molecule has 0 heterocycles. The average Bonchev–Trinajstić information content (AvgIpc) is 2.04. The van der Waals surface area contributed by atoms with Crippen LogP contribution in [0.2, 0.25) is 0 Å². The van der Waals surface area contributed by atoms with Crippen molar-refractivity contribution in [2.24, 2.45) is 0 Å². The van der Waals surface area contributed by atoms with Crippen LogP contribution in [0.1, 0.15) is 12.8 Å². The molecule has 0 bridgehead atoms. The van der Waals surface area contributed by atoms with Crippen LogP contribution in [0.3, 0.4) is 0 Å². The lowest BCUT2D eigenvalue weighted by Gasteiger charge is -2.11. The average molecular weight is 219 g/mol. The summed E-state index contributed by atoms with van der Waals surface area (Å²) in [6.07, 6.45) is 5.84. The van der Waals surface area contributed by atoms with Crippen LogP contribution >= 0.6 is 15.9 Å². The van der Waals surface area contributed by atoms with Crippen molar-refractivity contribution in [2.45, 2.75) is 12.8 Å². The number of rotatable bonds is 3. The SMILES string of the molecule is OCCOC1=CC=C(Br)CC1. The first-order valence-corrected chi connectivity index (χ1v) is 4.41. The third-order valence-electron chi connectivity index (χ3n) is 1.44. The van der Waals surface area contributed by atoms with E-state index in [9.17, 15) is 0 Å². The second-order valence-electron chi connectivity index (χ2n) is 2.32. The molecular weight excluding hydrogens is 208 g/mol. The van der Waals surface area contributed by atoms with Crippen LogP contribution in [0.25, 0.3) is 0 Å². The van der Waals surface area contributed by atoms with Gasteiger partial charge in [-0.15, -0.1) is 0 Å². The lowest BCUT2D eigenvalue weighted by molar-refractivity contribution is 0.139. The Morgan fingerprint density at radius 2 is 2.27 bits per heavy atom. The minimum Gasteiger partial charge on any atom is -0.496 e. The Bertz CT molecular complexity index is 185. The molecule has 1 rings (SSSR count). The first-order valence-electron chi connectivity index (χ1n) is 3.62. The van der Waals surface area contributed by atoms with Gasteiger partial charge in [-0.1, -0.05) is 15.9 Å². The molecule has 0 unspecified atom stereocenters. The van der Waals surface area contributed by atoms with Crippen LogP contribution in [0.15, 0.2) is 22.4 Å². The highest BCUT2D eigenvalue weighted by molar-refractivity contribution is 9.11. The zero-order chi connectivity index (χ0) is 8.10. The highest BCUT2D eigenvalue weighted by Gasteiger charge is 2.03. The fraction of sp³-hybridized carbons (Fsp3) is 0.500. The van der Waals surface area contributed by atoms with E-state index in [0.717, 1.165) is 18.6 Å². The van der Waals surface area contributed by atoms with Gasteiger partial charge in [0.05, 0.1) is 12.4 Å². The predicted octanol–water partition coefficient (Wildman–Crippen LogP) is 1.95. The molecule has 0 saturated carbocycles. The smallest absolute Gasteiger partial charge is 0.111 e. The van der Waals surface area contributed by atoms with Crippen molar-refractivity contribution < 1.29 is 9.84 Å². The highest BCUT2D eigenvalue weighted by atomic mass is 79.9. The molecule has 0 aliphatic heterocycles. The van der Waals surface area contributed by atoms with E-state index in [1.807, 2.05) is 12.2 Å². The highest BCUT2D eigenvalue weighted by Crippen LogP contribution is 2.22. The Balaban J connectivity index is 2.35. The second-order valence-corrected chi connectivity index (χ2v) is 3.34. The third kappa shape index (κ3) is 3.08. The van der Waals surface area contributed by atoms with Gasteiger partial charge in [0, 0.05) is 6.42 Å². The summed E-state index contributed by atoms with van der Waals surface area (Å²) in [7, 11) is 0. The number of hydrogen-bond acceptors (Lipinski definition) is 2. The van der Waals surface area contributed by atoms with Gasteiger partial charge in [-0.2, -0.15) is 0 Å². The number of aliphatic hydroxyl groups is 1. The fourth-order valence-electron chi connectivity index (χ4n) is 0.890. The van der Waals surface area contributed by atoms with Crippen molar-refractivity contribution in [1.29, 1.82) is 0 Å². The van der Waals surface area contributed by atoms with Gasteiger partial charge in [0.25, 0.3) is 0 Å². The molecule has 1 aliphatic rings. The van der Waals surface area contributed by atoms with Crippen LogP contribution in [0, 0.1) is 0 Å². The quantitative estimate of drug-likeness (QED) is 0.786. The number of aliphatic hydroxyl groups excluding tert-OH is 1. The minimum absolute atomic E-state index is 0.0855. The predicted molar refractivity (Wildman–Crippen MR) is 47.4 cm³/mol. The maximum atomic E-state index is 8.47. The Hall–Kier alpha value is -0.280. The zero-order valence-electron chi connectivity index (χ0n) is 6.22. The molecule has 0 fully saturated rings. The normalized spacial score (nSPS) is 17.3. The standard InChI is InChI=1S/C8H11BrO2/c9-7-1-3-8(4-2-7)11-6-5-10/h1,3,10H,2,4-6H2. The van der Waals surface area contributed by atoms with Crippen molar-refractivity contribution >= 4 is 15.9 Å². The van der Waals surface area contributed by atoms with Gasteiger partial charge in [-0.25, -0.2) is 0 Å². The van der Waals surface area contributed by atoms with E-state index in [0.29, 0.717) is 6.61 Å². The summed E-state index contributed by atoms with van der Waals surface area (Å²) in [5.74, 6) is 0.960. The molecule has 0 saturated heterocycles. The lowest BCUT2D eigenvalue weighted by Crippen LogP contribution is -2.00. The van der Waals surface area contributed by atoms with E-state index in [1.165, 1.54) is 4.48 Å². The van der Waals surface area contributed by atoms with Crippen molar-refractivity contribution in [2.75, 3.05) is 13.2 Å². The van der Waals surface area contributed by atoms with Crippen LogP contribution in [-0.2, 0) is 4.74 Å². The molecule has 62 valence electrons. The van der Waals surface area contributed by atoms with Gasteiger partial charge >= 0.3 is 0 Å². The Morgan fingerprint density at radius 1 is 1.45 bits per heavy atom. The summed E-state index contributed by atoms with van der Waals surface area (Å²) in [6.45, 7) is 0.486. The maximum Gasteiger partial charge on any atom is 0.111 e. The molecule has 1 aliphatic carbocycles. The molecule has 0 amide bonds. The van der Waals surface area contributed by atoms with E-state index < -0.39 is 0 Å². The van der Waals surface area contributed by atoms with Gasteiger partial charge in [-0.05, 0) is 23.1 Å². The second kappa shape index (κ2) is 4.57. The first-order chi connectivity index (χ1) is 5.33. The van der Waals surface area contributed by atoms with E-state index in [1.54, 1.807) is 0 Å². The first kappa shape index (κ1) is 8.81. The van der Waals surface area contributed by atoms with Gasteiger partial charge in [0.2, 0.25) is 0 Å². The van der Waals surface area contributed by atoms with Crippen molar-refractivity contribution in [3.8, 4) is 0 Å². The number of hydrogen-bond donors (Lipinski definition) is 1. The summed E-state index contributed by atoms with van der Waals surface area (Å²) in [4.78, 5) is 0. The number of halogens is 1.